The van der Waals surface area contributed by atoms with E-state index < -0.39 is 64.3 Å². The van der Waals surface area contributed by atoms with Gasteiger partial charge in [0.15, 0.2) is 47.4 Å². The molecular formula is C25H22O13S. The fourth-order valence-corrected chi connectivity index (χ4v) is 4.94. The molecule has 0 spiro atoms. The van der Waals surface area contributed by atoms with E-state index in [1.807, 2.05) is 0 Å². The van der Waals surface area contributed by atoms with Gasteiger partial charge in [-0.1, -0.05) is 12.1 Å². The van der Waals surface area contributed by atoms with Gasteiger partial charge < -0.3 is 39.4 Å². The predicted octanol–water partition coefficient (Wildman–Crippen LogP) is 2.19. The molecule has 0 saturated carbocycles. The number of phenolic OH excluding ortho intramolecular Hbond substituents is 3. The standard InChI is InChI=1S/C25H22O13S/c1-34-17-6-11(2-4-14(17)28)23-20(10-26)35-16-5-3-12(7-18(16)36-23)24-25(38-39(31,32)33)22(30)21-15(29)8-13(27)9-19(21)37-24/h2-9,20,23-29H,10H2,1H3,(H,31,32,33)/t20-,23-,24-,25+/m1/s1. The van der Waals surface area contributed by atoms with Crippen molar-refractivity contribution in [3.05, 3.63) is 65.2 Å². The molecule has 0 unspecified atom stereocenters. The summed E-state index contributed by atoms with van der Waals surface area (Å²) in [6, 6.07) is 10.6. The van der Waals surface area contributed by atoms with E-state index in [1.165, 1.54) is 37.4 Å². The smallest absolute Gasteiger partial charge is 0.398 e. The molecule has 0 amide bonds. The first kappa shape index (κ1) is 26.4. The summed E-state index contributed by atoms with van der Waals surface area (Å²) in [4.78, 5) is 13.2. The lowest BCUT2D eigenvalue weighted by atomic mass is 9.92. The van der Waals surface area contributed by atoms with Gasteiger partial charge in [0.1, 0.15) is 22.8 Å². The minimum atomic E-state index is -5.15. The average Bonchev–Trinajstić information content (AvgIpc) is 2.88. The van der Waals surface area contributed by atoms with Gasteiger partial charge in [-0.25, -0.2) is 4.18 Å². The molecule has 206 valence electrons. The van der Waals surface area contributed by atoms with Crippen LogP contribution in [0.5, 0.6) is 40.2 Å². The fourth-order valence-electron chi connectivity index (χ4n) is 4.49. The van der Waals surface area contributed by atoms with E-state index in [9.17, 15) is 38.2 Å². The molecule has 5 rings (SSSR count). The highest BCUT2D eigenvalue weighted by Gasteiger charge is 2.44. The van der Waals surface area contributed by atoms with Crippen LogP contribution in [0.1, 0.15) is 33.7 Å². The number of aliphatic hydroxyl groups excluding tert-OH is 1. The molecule has 3 aromatic carbocycles. The van der Waals surface area contributed by atoms with E-state index in [2.05, 4.69) is 4.18 Å². The molecule has 0 fully saturated rings. The fraction of sp³-hybridized carbons (Fsp3) is 0.240. The number of Topliss-reactive ketones (excluding diaryl/α,β-unsaturated/α-hetero) is 1. The first-order valence-corrected chi connectivity index (χ1v) is 12.7. The highest BCUT2D eigenvalue weighted by molar-refractivity contribution is 7.80. The summed E-state index contributed by atoms with van der Waals surface area (Å²) in [5.74, 6) is -1.98. The second-order valence-corrected chi connectivity index (χ2v) is 9.75. The summed E-state index contributed by atoms with van der Waals surface area (Å²) in [6.07, 6.45) is -5.16. The Hall–Kier alpha value is -4.24. The van der Waals surface area contributed by atoms with Gasteiger partial charge in [0.05, 0.1) is 13.7 Å². The number of aromatic hydroxyl groups is 3. The number of ketones is 1. The van der Waals surface area contributed by atoms with Crippen LogP contribution >= 0.6 is 0 Å². The molecule has 2 aliphatic rings. The van der Waals surface area contributed by atoms with Crippen molar-refractivity contribution in [1.29, 1.82) is 0 Å². The van der Waals surface area contributed by atoms with Crippen molar-refractivity contribution in [1.82, 2.24) is 0 Å². The Morgan fingerprint density at radius 2 is 1.54 bits per heavy atom. The van der Waals surface area contributed by atoms with Crippen LogP contribution in [0.4, 0.5) is 0 Å². The number of hydrogen-bond acceptors (Lipinski definition) is 12. The monoisotopic (exact) mass is 562 g/mol. The van der Waals surface area contributed by atoms with Crippen LogP contribution in [0.25, 0.3) is 0 Å². The maximum absolute atomic E-state index is 13.2. The van der Waals surface area contributed by atoms with Crippen molar-refractivity contribution in [3.63, 3.8) is 0 Å². The SMILES string of the molecule is COc1cc([C@H]2Oc3cc([C@H]4Oc5cc(O)cc(O)c5C(=O)[C@@H]4OS(=O)(=O)O)ccc3O[C@@H]2CO)ccc1O. The Bertz CT molecular complexity index is 1550. The summed E-state index contributed by atoms with van der Waals surface area (Å²) in [6.45, 7) is -0.427. The van der Waals surface area contributed by atoms with Crippen LogP contribution in [-0.2, 0) is 14.6 Å². The van der Waals surface area contributed by atoms with Gasteiger partial charge in [0, 0.05) is 17.7 Å². The second-order valence-electron chi connectivity index (χ2n) is 8.70. The lowest BCUT2D eigenvalue weighted by molar-refractivity contribution is -0.0129. The Morgan fingerprint density at radius 1 is 0.846 bits per heavy atom. The zero-order valence-corrected chi connectivity index (χ0v) is 20.9. The van der Waals surface area contributed by atoms with Crippen molar-refractivity contribution in [2.24, 2.45) is 0 Å². The molecule has 39 heavy (non-hydrogen) atoms. The van der Waals surface area contributed by atoms with Crippen LogP contribution in [0.15, 0.2) is 48.5 Å². The Balaban J connectivity index is 1.55. The van der Waals surface area contributed by atoms with E-state index in [-0.39, 0.29) is 34.3 Å². The molecule has 0 aliphatic carbocycles. The number of carbonyl (C=O) groups is 1. The molecule has 2 heterocycles. The van der Waals surface area contributed by atoms with Gasteiger partial charge in [0.25, 0.3) is 0 Å². The molecule has 0 saturated heterocycles. The topological polar surface area (TPSA) is 199 Å². The molecule has 4 atom stereocenters. The highest BCUT2D eigenvalue weighted by Crippen LogP contribution is 2.46. The number of rotatable bonds is 6. The number of ether oxygens (including phenoxy) is 4. The zero-order valence-electron chi connectivity index (χ0n) is 20.0. The van der Waals surface area contributed by atoms with Crippen molar-refractivity contribution in [2.75, 3.05) is 13.7 Å². The normalized spacial score (nSPS) is 22.1. The molecule has 0 bridgehead atoms. The highest BCUT2D eigenvalue weighted by atomic mass is 32.3. The Morgan fingerprint density at radius 3 is 2.23 bits per heavy atom. The van der Waals surface area contributed by atoms with E-state index in [0.29, 0.717) is 5.56 Å². The number of hydrogen-bond donors (Lipinski definition) is 5. The summed E-state index contributed by atoms with van der Waals surface area (Å²) in [5.41, 5.74) is 0.205. The lowest BCUT2D eigenvalue weighted by Gasteiger charge is -2.35. The van der Waals surface area contributed by atoms with Crippen LogP contribution in [-0.4, -0.2) is 65.1 Å². The summed E-state index contributed by atoms with van der Waals surface area (Å²) < 4.78 is 60.0. The largest absolute Gasteiger partial charge is 0.508 e. The van der Waals surface area contributed by atoms with E-state index >= 15 is 0 Å². The van der Waals surface area contributed by atoms with E-state index in [0.717, 1.165) is 12.1 Å². The molecule has 3 aromatic rings. The van der Waals surface area contributed by atoms with Gasteiger partial charge in [0.2, 0.25) is 5.78 Å². The summed E-state index contributed by atoms with van der Waals surface area (Å²) >= 11 is 0. The summed E-state index contributed by atoms with van der Waals surface area (Å²) in [5, 5.41) is 39.9. The first-order chi connectivity index (χ1) is 18.5. The molecule has 5 N–H and O–H groups in total. The first-order valence-electron chi connectivity index (χ1n) is 11.4. The van der Waals surface area contributed by atoms with Gasteiger partial charge in [-0.3, -0.25) is 9.35 Å². The Labute approximate surface area is 221 Å². The number of aliphatic hydroxyl groups is 1. The van der Waals surface area contributed by atoms with Crippen molar-refractivity contribution < 1.29 is 61.3 Å². The third-order valence-corrected chi connectivity index (χ3v) is 6.65. The van der Waals surface area contributed by atoms with Crippen molar-refractivity contribution in [3.8, 4) is 40.2 Å². The molecule has 0 aromatic heterocycles. The van der Waals surface area contributed by atoms with Gasteiger partial charge in [-0.05, 0) is 29.8 Å². The van der Waals surface area contributed by atoms with Gasteiger partial charge in [-0.15, -0.1) is 0 Å². The lowest BCUT2D eigenvalue weighted by Crippen LogP contribution is -2.40. The molecule has 14 heteroatoms. The molecule has 0 radical (unpaired) electrons. The minimum absolute atomic E-state index is 0.109. The van der Waals surface area contributed by atoms with E-state index in [1.54, 1.807) is 6.07 Å². The van der Waals surface area contributed by atoms with Gasteiger partial charge in [-0.2, -0.15) is 8.42 Å². The van der Waals surface area contributed by atoms with Crippen LogP contribution < -0.4 is 18.9 Å². The van der Waals surface area contributed by atoms with Crippen molar-refractivity contribution >= 4 is 16.2 Å². The third kappa shape index (κ3) is 4.97. The maximum atomic E-state index is 13.2. The van der Waals surface area contributed by atoms with Crippen LogP contribution in [0.3, 0.4) is 0 Å². The van der Waals surface area contributed by atoms with Crippen molar-refractivity contribution in [2.45, 2.75) is 24.4 Å². The molecule has 13 nitrogen and oxygen atoms in total. The second kappa shape index (κ2) is 9.81. The molecule has 2 aliphatic heterocycles. The number of methoxy groups -OCH3 is 1. The number of fused-ring (bicyclic) bond motifs is 2. The predicted molar refractivity (Wildman–Crippen MR) is 130 cm³/mol. The average molecular weight is 563 g/mol. The van der Waals surface area contributed by atoms with Gasteiger partial charge >= 0.3 is 10.4 Å². The number of phenols is 3. The zero-order chi connectivity index (χ0) is 28.1. The van der Waals surface area contributed by atoms with E-state index in [4.69, 9.17) is 18.9 Å². The quantitative estimate of drug-likeness (QED) is 0.274. The van der Waals surface area contributed by atoms with Crippen LogP contribution in [0, 0.1) is 0 Å². The molecular weight excluding hydrogens is 540 g/mol. The number of benzene rings is 3. The van der Waals surface area contributed by atoms with Crippen LogP contribution in [0.2, 0.25) is 0 Å². The number of carbonyl (C=O) groups excluding carboxylic acids is 1. The summed E-state index contributed by atoms with van der Waals surface area (Å²) in [7, 11) is -3.78. The maximum Gasteiger partial charge on any atom is 0.398 e. The minimum Gasteiger partial charge on any atom is -0.508 e. The Kier molecular flexibility index (Phi) is 6.64. The third-order valence-electron chi connectivity index (χ3n) is 6.20.